The van der Waals surface area contributed by atoms with Crippen molar-refractivity contribution in [3.63, 3.8) is 0 Å². The second kappa shape index (κ2) is 7.55. The van der Waals surface area contributed by atoms with Crippen LogP contribution >= 0.6 is 0 Å². The first-order valence-corrected chi connectivity index (χ1v) is 7.53. The summed E-state index contributed by atoms with van der Waals surface area (Å²) in [5.74, 6) is -1.60. The second-order valence-electron chi connectivity index (χ2n) is 5.79. The van der Waals surface area contributed by atoms with Crippen LogP contribution in [0.1, 0.15) is 24.8 Å². The zero-order valence-electron chi connectivity index (χ0n) is 12.8. The number of ether oxygens (including phenoxy) is 1. The zero-order chi connectivity index (χ0) is 17.7. The Bertz CT molecular complexity index is 576. The maximum atomic E-state index is 13.1. The molecule has 0 aliphatic carbocycles. The molecule has 1 aromatic rings. The van der Waals surface area contributed by atoms with Gasteiger partial charge in [0, 0.05) is 13.0 Å². The van der Waals surface area contributed by atoms with Crippen molar-refractivity contribution < 1.29 is 32.6 Å². The monoisotopic (exact) mass is 345 g/mol. The van der Waals surface area contributed by atoms with Crippen LogP contribution in [0.4, 0.5) is 18.0 Å². The highest BCUT2D eigenvalue weighted by atomic mass is 19.4. The summed E-state index contributed by atoms with van der Waals surface area (Å²) in [6.45, 7) is -0.408. The Labute approximate surface area is 137 Å². The van der Waals surface area contributed by atoms with E-state index in [0.29, 0.717) is 10.5 Å². The lowest BCUT2D eigenvalue weighted by Gasteiger charge is -2.39. The molecule has 0 aromatic heterocycles. The molecule has 1 amide bonds. The minimum Gasteiger partial charge on any atom is -0.481 e. The first-order valence-electron chi connectivity index (χ1n) is 7.53. The third kappa shape index (κ3) is 4.87. The number of nitrogens with zero attached hydrogens (tertiary/aromatic N) is 1. The van der Waals surface area contributed by atoms with Gasteiger partial charge in [-0.05, 0) is 24.3 Å². The van der Waals surface area contributed by atoms with Gasteiger partial charge in [0.1, 0.15) is 12.6 Å². The fraction of sp³-hybridized carbons (Fsp3) is 0.500. The van der Waals surface area contributed by atoms with E-state index in [2.05, 4.69) is 0 Å². The van der Waals surface area contributed by atoms with Gasteiger partial charge in [-0.2, -0.15) is 13.2 Å². The summed E-state index contributed by atoms with van der Waals surface area (Å²) in [4.78, 5) is 23.5. The van der Waals surface area contributed by atoms with Gasteiger partial charge in [-0.1, -0.05) is 30.3 Å². The van der Waals surface area contributed by atoms with E-state index in [9.17, 15) is 22.8 Å². The number of rotatable bonds is 4. The third-order valence-electron chi connectivity index (χ3n) is 3.96. The number of halogens is 3. The maximum Gasteiger partial charge on any atom is 0.410 e. The summed E-state index contributed by atoms with van der Waals surface area (Å²) >= 11 is 0. The summed E-state index contributed by atoms with van der Waals surface area (Å²) in [6.07, 6.45) is -6.12. The van der Waals surface area contributed by atoms with Crippen molar-refractivity contribution >= 4 is 12.1 Å². The van der Waals surface area contributed by atoms with Gasteiger partial charge in [0.2, 0.25) is 0 Å². The van der Waals surface area contributed by atoms with Gasteiger partial charge < -0.3 is 9.84 Å². The van der Waals surface area contributed by atoms with Gasteiger partial charge in [-0.15, -0.1) is 0 Å². The van der Waals surface area contributed by atoms with E-state index >= 15 is 0 Å². The highest BCUT2D eigenvalue weighted by molar-refractivity contribution is 5.69. The number of alkyl halides is 3. The lowest BCUT2D eigenvalue weighted by Crippen LogP contribution is -2.53. The standard InChI is InChI=1S/C16H18F3NO4/c17-16(18,19)13-7-6-12(8-14(21)22)9-20(13)15(23)24-10-11-4-2-1-3-5-11/h1-5,12-13H,6-10H2,(H,21,22)/t12-,13+/m0/s1. The number of piperidine rings is 1. The molecule has 1 aliphatic heterocycles. The van der Waals surface area contributed by atoms with Gasteiger partial charge in [0.25, 0.3) is 0 Å². The van der Waals surface area contributed by atoms with Crippen LogP contribution in [0.25, 0.3) is 0 Å². The average Bonchev–Trinajstić information content (AvgIpc) is 2.52. The normalized spacial score (nSPS) is 21.4. The fourth-order valence-corrected chi connectivity index (χ4v) is 2.80. The van der Waals surface area contributed by atoms with E-state index in [1.54, 1.807) is 30.3 Å². The number of hydrogen-bond donors (Lipinski definition) is 1. The van der Waals surface area contributed by atoms with Crippen molar-refractivity contribution in [3.05, 3.63) is 35.9 Å². The molecule has 0 bridgehead atoms. The Kier molecular flexibility index (Phi) is 5.69. The molecule has 1 fully saturated rings. The van der Waals surface area contributed by atoms with Crippen LogP contribution in [0, 0.1) is 5.92 Å². The molecule has 1 aromatic carbocycles. The number of benzene rings is 1. The highest BCUT2D eigenvalue weighted by Crippen LogP contribution is 2.35. The molecule has 0 unspecified atom stereocenters. The highest BCUT2D eigenvalue weighted by Gasteiger charge is 2.48. The van der Waals surface area contributed by atoms with Crippen molar-refractivity contribution in [2.45, 2.75) is 38.1 Å². The lowest BCUT2D eigenvalue weighted by molar-refractivity contribution is -0.189. The summed E-state index contributed by atoms with van der Waals surface area (Å²) in [7, 11) is 0. The molecule has 8 heteroatoms. The van der Waals surface area contributed by atoms with E-state index in [0.717, 1.165) is 0 Å². The molecular weight excluding hydrogens is 327 g/mol. The Balaban J connectivity index is 2.04. The van der Waals surface area contributed by atoms with Crippen molar-refractivity contribution in [2.24, 2.45) is 5.92 Å². The van der Waals surface area contributed by atoms with Gasteiger partial charge in [-0.25, -0.2) is 4.79 Å². The van der Waals surface area contributed by atoms with Gasteiger partial charge in [0.15, 0.2) is 0 Å². The van der Waals surface area contributed by atoms with Gasteiger partial charge >= 0.3 is 18.2 Å². The third-order valence-corrected chi connectivity index (χ3v) is 3.96. The number of carbonyl (C=O) groups is 2. The van der Waals surface area contributed by atoms with E-state index in [-0.39, 0.29) is 32.4 Å². The van der Waals surface area contributed by atoms with Crippen molar-refractivity contribution in [1.82, 2.24) is 4.90 Å². The molecule has 0 saturated carbocycles. The van der Waals surface area contributed by atoms with Crippen LogP contribution in [-0.4, -0.2) is 40.8 Å². The molecule has 1 saturated heterocycles. The molecule has 1 heterocycles. The molecule has 2 atom stereocenters. The molecule has 0 spiro atoms. The van der Waals surface area contributed by atoms with Crippen molar-refractivity contribution in [1.29, 1.82) is 0 Å². The predicted octanol–water partition coefficient (Wildman–Crippen LogP) is 3.44. The summed E-state index contributed by atoms with van der Waals surface area (Å²) in [5.41, 5.74) is 0.661. The summed E-state index contributed by atoms with van der Waals surface area (Å²) in [5, 5.41) is 8.81. The summed E-state index contributed by atoms with van der Waals surface area (Å²) < 4.78 is 44.4. The minimum atomic E-state index is -4.57. The van der Waals surface area contributed by atoms with Crippen LogP contribution in [-0.2, 0) is 16.1 Å². The van der Waals surface area contributed by atoms with E-state index in [1.165, 1.54) is 0 Å². The largest absolute Gasteiger partial charge is 0.481 e. The molecule has 5 nitrogen and oxygen atoms in total. The maximum absolute atomic E-state index is 13.1. The van der Waals surface area contributed by atoms with Crippen LogP contribution < -0.4 is 0 Å². The molecule has 1 N–H and O–H groups in total. The number of likely N-dealkylation sites (tertiary alicyclic amines) is 1. The molecule has 1 aliphatic rings. The minimum absolute atomic E-state index is 0.110. The number of carboxylic acids is 1. The zero-order valence-corrected chi connectivity index (χ0v) is 12.8. The smallest absolute Gasteiger partial charge is 0.410 e. The first kappa shape index (κ1) is 18.1. The SMILES string of the molecule is O=C(O)C[C@@H]1CC[C@H](C(F)(F)F)N(C(=O)OCc2ccccc2)C1. The number of carboxylic acid groups (broad SMARTS) is 1. The Hall–Kier alpha value is -2.25. The van der Waals surface area contributed by atoms with E-state index < -0.39 is 30.2 Å². The number of amides is 1. The number of aliphatic carboxylic acids is 1. The predicted molar refractivity (Wildman–Crippen MR) is 78.2 cm³/mol. The Morgan fingerprint density at radius 2 is 1.88 bits per heavy atom. The van der Waals surface area contributed by atoms with Crippen LogP contribution in [0.2, 0.25) is 0 Å². The van der Waals surface area contributed by atoms with Crippen molar-refractivity contribution in [2.75, 3.05) is 6.54 Å². The fourth-order valence-electron chi connectivity index (χ4n) is 2.80. The van der Waals surface area contributed by atoms with Gasteiger partial charge in [0.05, 0.1) is 0 Å². The van der Waals surface area contributed by atoms with Crippen LogP contribution in [0.15, 0.2) is 30.3 Å². The quantitative estimate of drug-likeness (QED) is 0.908. The number of hydrogen-bond acceptors (Lipinski definition) is 3. The Morgan fingerprint density at radius 3 is 2.46 bits per heavy atom. The van der Waals surface area contributed by atoms with E-state index in [1.807, 2.05) is 0 Å². The van der Waals surface area contributed by atoms with Gasteiger partial charge in [-0.3, -0.25) is 9.69 Å². The Morgan fingerprint density at radius 1 is 1.21 bits per heavy atom. The van der Waals surface area contributed by atoms with Crippen LogP contribution in [0.3, 0.4) is 0 Å². The van der Waals surface area contributed by atoms with Crippen LogP contribution in [0.5, 0.6) is 0 Å². The summed E-state index contributed by atoms with van der Waals surface area (Å²) in [6, 6.07) is 6.67. The second-order valence-corrected chi connectivity index (χ2v) is 5.79. The van der Waals surface area contributed by atoms with E-state index in [4.69, 9.17) is 9.84 Å². The van der Waals surface area contributed by atoms with Crippen molar-refractivity contribution in [3.8, 4) is 0 Å². The topological polar surface area (TPSA) is 66.8 Å². The molecule has 0 radical (unpaired) electrons. The molecule has 24 heavy (non-hydrogen) atoms. The lowest BCUT2D eigenvalue weighted by atomic mass is 9.90. The first-order chi connectivity index (χ1) is 11.3. The molecule has 2 rings (SSSR count). The number of carbonyl (C=O) groups excluding carboxylic acids is 1. The molecule has 132 valence electrons. The molecular formula is C16H18F3NO4. The average molecular weight is 345 g/mol.